The second-order valence-electron chi connectivity index (χ2n) is 6.01. The summed E-state index contributed by atoms with van der Waals surface area (Å²) < 4.78 is 1.05. The number of rotatable bonds is 4. The molecule has 0 radical (unpaired) electrons. The lowest BCUT2D eigenvalue weighted by molar-refractivity contribution is -0.117. The monoisotopic (exact) mass is 353 g/mol. The maximum Gasteiger partial charge on any atom is 0.238 e. The van der Waals surface area contributed by atoms with Gasteiger partial charge < -0.3 is 11.1 Å². The molecule has 4 nitrogen and oxygen atoms in total. The molecule has 0 bridgehead atoms. The normalized spacial score (nSPS) is 23.0. The van der Waals surface area contributed by atoms with Gasteiger partial charge in [0.25, 0.3) is 0 Å². The van der Waals surface area contributed by atoms with Gasteiger partial charge in [-0.05, 0) is 62.0 Å². The van der Waals surface area contributed by atoms with Gasteiger partial charge in [0.05, 0.1) is 6.54 Å². The Bertz CT molecular complexity index is 506. The Labute approximate surface area is 135 Å². The van der Waals surface area contributed by atoms with Crippen LogP contribution in [0.1, 0.15) is 18.9 Å². The number of carbonyl (C=O) groups excluding carboxylic acids is 1. The molecule has 2 atom stereocenters. The molecule has 0 saturated carbocycles. The predicted molar refractivity (Wildman–Crippen MR) is 90.3 cm³/mol. The van der Waals surface area contributed by atoms with Crippen molar-refractivity contribution in [3.63, 3.8) is 0 Å². The Hall–Kier alpha value is -0.910. The number of halogens is 1. The third-order valence-corrected chi connectivity index (χ3v) is 5.20. The van der Waals surface area contributed by atoms with Crippen LogP contribution in [-0.2, 0) is 4.79 Å². The SMILES string of the molecule is Cc1cc(NC(=O)CN2CCC(C)C(CN)C2)ccc1Br. The summed E-state index contributed by atoms with van der Waals surface area (Å²) in [6, 6.07) is 5.84. The summed E-state index contributed by atoms with van der Waals surface area (Å²) in [5.74, 6) is 1.20. The van der Waals surface area contributed by atoms with Gasteiger partial charge in [0.2, 0.25) is 5.91 Å². The van der Waals surface area contributed by atoms with E-state index < -0.39 is 0 Å². The van der Waals surface area contributed by atoms with Gasteiger partial charge in [-0.15, -0.1) is 0 Å². The molecule has 116 valence electrons. The highest BCUT2D eigenvalue weighted by atomic mass is 79.9. The maximum absolute atomic E-state index is 12.2. The van der Waals surface area contributed by atoms with Crippen molar-refractivity contribution < 1.29 is 4.79 Å². The Balaban J connectivity index is 1.88. The fourth-order valence-corrected chi connectivity index (χ4v) is 3.05. The Morgan fingerprint density at radius 3 is 2.95 bits per heavy atom. The molecule has 1 aromatic rings. The zero-order valence-corrected chi connectivity index (χ0v) is 14.3. The van der Waals surface area contributed by atoms with Crippen LogP contribution in [0, 0.1) is 18.8 Å². The van der Waals surface area contributed by atoms with Gasteiger partial charge in [-0.3, -0.25) is 9.69 Å². The lowest BCUT2D eigenvalue weighted by atomic mass is 9.87. The Kier molecular flexibility index (Phi) is 5.79. The average molecular weight is 354 g/mol. The smallest absolute Gasteiger partial charge is 0.238 e. The molecular formula is C16H24BrN3O. The molecule has 2 rings (SSSR count). The van der Waals surface area contributed by atoms with Crippen molar-refractivity contribution in [2.45, 2.75) is 20.3 Å². The second-order valence-corrected chi connectivity index (χ2v) is 6.86. The number of benzene rings is 1. The summed E-state index contributed by atoms with van der Waals surface area (Å²) in [7, 11) is 0. The molecule has 2 unspecified atom stereocenters. The van der Waals surface area contributed by atoms with E-state index in [1.807, 2.05) is 25.1 Å². The minimum Gasteiger partial charge on any atom is -0.330 e. The van der Waals surface area contributed by atoms with Crippen LogP contribution in [0.4, 0.5) is 5.69 Å². The minimum atomic E-state index is 0.0436. The van der Waals surface area contributed by atoms with Gasteiger partial charge in [-0.25, -0.2) is 0 Å². The number of anilines is 1. The second kappa shape index (κ2) is 7.38. The molecule has 5 heteroatoms. The molecule has 1 amide bonds. The fraction of sp³-hybridized carbons (Fsp3) is 0.562. The van der Waals surface area contributed by atoms with Crippen LogP contribution >= 0.6 is 15.9 Å². The highest BCUT2D eigenvalue weighted by Crippen LogP contribution is 2.22. The van der Waals surface area contributed by atoms with Gasteiger partial charge in [0, 0.05) is 16.7 Å². The standard InChI is InChI=1S/C16H24BrN3O/c1-11-5-6-20(9-13(11)8-18)10-16(21)19-14-3-4-15(17)12(2)7-14/h3-4,7,11,13H,5-6,8-10,18H2,1-2H3,(H,19,21). The first-order valence-corrected chi connectivity index (χ1v) is 8.27. The summed E-state index contributed by atoms with van der Waals surface area (Å²) >= 11 is 3.46. The molecular weight excluding hydrogens is 330 g/mol. The van der Waals surface area contributed by atoms with Gasteiger partial charge in [-0.1, -0.05) is 22.9 Å². The molecule has 0 aliphatic carbocycles. The molecule has 1 fully saturated rings. The van der Waals surface area contributed by atoms with E-state index in [0.717, 1.165) is 35.2 Å². The molecule has 1 aliphatic rings. The van der Waals surface area contributed by atoms with Crippen LogP contribution in [0.3, 0.4) is 0 Å². The molecule has 1 aliphatic heterocycles. The lowest BCUT2D eigenvalue weighted by Crippen LogP contribution is -2.45. The topological polar surface area (TPSA) is 58.4 Å². The largest absolute Gasteiger partial charge is 0.330 e. The van der Waals surface area contributed by atoms with E-state index in [4.69, 9.17) is 5.73 Å². The number of likely N-dealkylation sites (tertiary alicyclic amines) is 1. The Morgan fingerprint density at radius 2 is 2.29 bits per heavy atom. The van der Waals surface area contributed by atoms with E-state index in [2.05, 4.69) is 33.1 Å². The number of amides is 1. The van der Waals surface area contributed by atoms with Gasteiger partial charge >= 0.3 is 0 Å². The van der Waals surface area contributed by atoms with Crippen molar-refractivity contribution in [1.82, 2.24) is 4.90 Å². The average Bonchev–Trinajstić information content (AvgIpc) is 2.45. The highest BCUT2D eigenvalue weighted by molar-refractivity contribution is 9.10. The first-order valence-electron chi connectivity index (χ1n) is 7.48. The number of aryl methyl sites for hydroxylation is 1. The molecule has 1 heterocycles. The molecule has 0 aromatic heterocycles. The zero-order valence-electron chi connectivity index (χ0n) is 12.7. The number of nitrogens with one attached hydrogen (secondary N) is 1. The Morgan fingerprint density at radius 1 is 1.52 bits per heavy atom. The van der Waals surface area contributed by atoms with Gasteiger partial charge in [0.1, 0.15) is 0 Å². The van der Waals surface area contributed by atoms with Crippen LogP contribution in [0.5, 0.6) is 0 Å². The molecule has 0 spiro atoms. The summed E-state index contributed by atoms with van der Waals surface area (Å²) in [5.41, 5.74) is 7.77. The summed E-state index contributed by atoms with van der Waals surface area (Å²) in [5, 5.41) is 2.97. The van der Waals surface area contributed by atoms with Gasteiger partial charge in [-0.2, -0.15) is 0 Å². The van der Waals surface area contributed by atoms with Crippen molar-refractivity contribution >= 4 is 27.5 Å². The fourth-order valence-electron chi connectivity index (χ4n) is 2.80. The summed E-state index contributed by atoms with van der Waals surface area (Å²) in [6.07, 6.45) is 1.12. The third-order valence-electron chi connectivity index (χ3n) is 4.31. The zero-order chi connectivity index (χ0) is 15.4. The van der Waals surface area contributed by atoms with Crippen molar-refractivity contribution in [2.75, 3.05) is 31.5 Å². The lowest BCUT2D eigenvalue weighted by Gasteiger charge is -2.36. The number of hydrogen-bond donors (Lipinski definition) is 2. The van der Waals surface area contributed by atoms with Crippen molar-refractivity contribution in [3.05, 3.63) is 28.2 Å². The molecule has 1 aromatic carbocycles. The van der Waals surface area contributed by atoms with E-state index in [-0.39, 0.29) is 5.91 Å². The van der Waals surface area contributed by atoms with Crippen molar-refractivity contribution in [2.24, 2.45) is 17.6 Å². The van der Waals surface area contributed by atoms with Crippen molar-refractivity contribution in [3.8, 4) is 0 Å². The van der Waals surface area contributed by atoms with Crippen LogP contribution in [0.2, 0.25) is 0 Å². The molecule has 3 N–H and O–H groups in total. The van der Waals surface area contributed by atoms with E-state index in [0.29, 0.717) is 24.9 Å². The summed E-state index contributed by atoms with van der Waals surface area (Å²) in [4.78, 5) is 14.4. The van der Waals surface area contributed by atoms with E-state index >= 15 is 0 Å². The number of nitrogens with zero attached hydrogens (tertiary/aromatic N) is 1. The number of nitrogens with two attached hydrogens (primary N) is 1. The highest BCUT2D eigenvalue weighted by Gasteiger charge is 2.26. The number of piperidine rings is 1. The van der Waals surface area contributed by atoms with Crippen LogP contribution in [0.25, 0.3) is 0 Å². The molecule has 21 heavy (non-hydrogen) atoms. The van der Waals surface area contributed by atoms with Crippen LogP contribution in [0.15, 0.2) is 22.7 Å². The van der Waals surface area contributed by atoms with E-state index in [1.165, 1.54) is 0 Å². The number of hydrogen-bond acceptors (Lipinski definition) is 3. The van der Waals surface area contributed by atoms with Crippen LogP contribution < -0.4 is 11.1 Å². The predicted octanol–water partition coefficient (Wildman–Crippen LogP) is 2.61. The quantitative estimate of drug-likeness (QED) is 0.874. The van der Waals surface area contributed by atoms with E-state index in [1.54, 1.807) is 0 Å². The van der Waals surface area contributed by atoms with E-state index in [9.17, 15) is 4.79 Å². The van der Waals surface area contributed by atoms with Crippen LogP contribution in [-0.4, -0.2) is 37.0 Å². The molecule has 1 saturated heterocycles. The minimum absolute atomic E-state index is 0.0436. The number of carbonyl (C=O) groups is 1. The third kappa shape index (κ3) is 4.53. The van der Waals surface area contributed by atoms with Gasteiger partial charge in [0.15, 0.2) is 0 Å². The van der Waals surface area contributed by atoms with Crippen molar-refractivity contribution in [1.29, 1.82) is 0 Å². The first kappa shape index (κ1) is 16.5. The summed E-state index contributed by atoms with van der Waals surface area (Å²) in [6.45, 7) is 7.30. The maximum atomic E-state index is 12.2. The first-order chi connectivity index (χ1) is 9.99.